The number of rotatable bonds is 5. The van der Waals surface area contributed by atoms with Gasteiger partial charge in [0.05, 0.1) is 0 Å². The lowest BCUT2D eigenvalue weighted by atomic mass is 10.1. The predicted molar refractivity (Wildman–Crippen MR) is 76.3 cm³/mol. The Kier molecular flexibility index (Phi) is 5.32. The number of nitrogens with one attached hydrogen (secondary N) is 1. The summed E-state index contributed by atoms with van der Waals surface area (Å²) in [6, 6.07) is 1.12. The summed E-state index contributed by atoms with van der Waals surface area (Å²) in [7, 11) is -3.07. The molecule has 0 bridgehead atoms. The van der Waals surface area contributed by atoms with Gasteiger partial charge in [0, 0.05) is 25.2 Å². The molecule has 0 aromatic carbocycles. The highest BCUT2D eigenvalue weighted by atomic mass is 31.2. The van der Waals surface area contributed by atoms with Gasteiger partial charge in [-0.3, -0.25) is 23.7 Å². The largest absolute Gasteiger partial charge is 0.374 e. The molecule has 2 rings (SSSR count). The smallest absolute Gasteiger partial charge is 0.348 e. The minimum absolute atomic E-state index is 0.581. The molecular weight excluding hydrogens is 333 g/mol. The van der Waals surface area contributed by atoms with Crippen molar-refractivity contribution in [3.8, 4) is 0 Å². The van der Waals surface area contributed by atoms with Crippen LogP contribution in [0, 0.1) is 0 Å². The van der Waals surface area contributed by atoms with Crippen molar-refractivity contribution >= 4 is 7.60 Å². The summed E-state index contributed by atoms with van der Waals surface area (Å²) >= 11 is 0. The van der Waals surface area contributed by atoms with Crippen molar-refractivity contribution in [2.75, 3.05) is 7.11 Å². The van der Waals surface area contributed by atoms with Crippen LogP contribution in [0.3, 0.4) is 0 Å². The molecule has 23 heavy (non-hydrogen) atoms. The molecule has 4 atom stereocenters. The van der Waals surface area contributed by atoms with Crippen LogP contribution in [0.1, 0.15) is 6.23 Å². The average molecular weight is 349 g/mol. The van der Waals surface area contributed by atoms with Crippen molar-refractivity contribution < 1.29 is 28.7 Å². The molecule has 0 amide bonds. The first-order chi connectivity index (χ1) is 10.8. The van der Waals surface area contributed by atoms with Crippen molar-refractivity contribution in [3.05, 3.63) is 45.0 Å². The summed E-state index contributed by atoms with van der Waals surface area (Å²) in [6.45, 7) is 0. The maximum Gasteiger partial charge on any atom is 0.348 e. The summed E-state index contributed by atoms with van der Waals surface area (Å²) in [4.78, 5) is 47.6. The number of nitrogens with zero attached hydrogens (tertiary/aromatic N) is 1. The lowest BCUT2D eigenvalue weighted by molar-refractivity contribution is -0.0621. The van der Waals surface area contributed by atoms with Crippen LogP contribution in [0.15, 0.2) is 33.7 Å². The highest BCUT2D eigenvalue weighted by Crippen LogP contribution is 2.39. The minimum Gasteiger partial charge on any atom is -0.374 e. The molecule has 128 valence electrons. The van der Waals surface area contributed by atoms with Crippen molar-refractivity contribution in [2.24, 2.45) is 5.90 Å². The Hall–Kier alpha value is -1.59. The van der Waals surface area contributed by atoms with Gasteiger partial charge in [-0.25, -0.2) is 10.7 Å². The van der Waals surface area contributed by atoms with Gasteiger partial charge in [-0.2, -0.15) is 0 Å². The molecule has 0 aliphatic carbocycles. The highest BCUT2D eigenvalue weighted by molar-refractivity contribution is 7.55. The summed E-state index contributed by atoms with van der Waals surface area (Å²) in [6.07, 6.45) is -1.46. The maximum atomic E-state index is 11.9. The molecule has 0 radical (unpaired) electrons. The first-order valence-corrected chi connectivity index (χ1v) is 8.05. The Labute approximate surface area is 129 Å². The molecule has 1 saturated heterocycles. The number of hydrogen-bond donors (Lipinski definition) is 4. The molecule has 11 nitrogen and oxygen atoms in total. The number of hydrogen-bond acceptors (Lipinski definition) is 7. The van der Waals surface area contributed by atoms with E-state index in [-0.39, 0.29) is 0 Å². The van der Waals surface area contributed by atoms with Crippen LogP contribution in [0.2, 0.25) is 0 Å². The van der Waals surface area contributed by atoms with E-state index in [2.05, 4.69) is 4.98 Å². The molecule has 0 saturated carbocycles. The lowest BCUT2D eigenvalue weighted by Gasteiger charge is -2.21. The molecular formula is C11H16N3O8P. The first kappa shape index (κ1) is 17.8. The van der Waals surface area contributed by atoms with Gasteiger partial charge in [0.1, 0.15) is 18.3 Å². The van der Waals surface area contributed by atoms with Gasteiger partial charge < -0.3 is 19.3 Å². The van der Waals surface area contributed by atoms with Crippen molar-refractivity contribution in [1.29, 1.82) is 0 Å². The van der Waals surface area contributed by atoms with Gasteiger partial charge >= 0.3 is 13.3 Å². The Morgan fingerprint density at radius 3 is 2.65 bits per heavy atom. The number of ether oxygens (including phenoxy) is 2. The van der Waals surface area contributed by atoms with E-state index in [9.17, 15) is 14.2 Å². The van der Waals surface area contributed by atoms with Crippen molar-refractivity contribution in [1.82, 2.24) is 9.55 Å². The number of H-pyrrole nitrogens is 1. The van der Waals surface area contributed by atoms with Gasteiger partial charge in [-0.1, -0.05) is 0 Å². The van der Waals surface area contributed by atoms with E-state index < -0.39 is 43.4 Å². The summed E-state index contributed by atoms with van der Waals surface area (Å²) in [5.74, 6) is 5.85. The third-order valence-electron chi connectivity index (χ3n) is 3.25. The predicted octanol–water partition coefficient (Wildman–Crippen LogP) is -1.60. The standard InChI is InChI=1S/C11H16N3O8P/c1-20-9-8(22-12)6(3-5-23(17,18)19)21-10(9)14-4-2-7(15)13-11(14)16/h2-6,8-10H,12H2,1H3,(H,13,15,16)(H2,17,18,19)/b5-3+/t6-,8?,9?,10-/m1/s1. The Bertz CT molecular complexity index is 737. The minimum atomic E-state index is -4.40. The summed E-state index contributed by atoms with van der Waals surface area (Å²) in [5, 5.41) is 0. The molecule has 2 heterocycles. The second kappa shape index (κ2) is 6.89. The van der Waals surface area contributed by atoms with Crippen LogP contribution >= 0.6 is 7.60 Å². The van der Waals surface area contributed by atoms with Gasteiger partial charge in [-0.15, -0.1) is 0 Å². The zero-order valence-electron chi connectivity index (χ0n) is 11.9. The zero-order valence-corrected chi connectivity index (χ0v) is 12.8. The van der Waals surface area contributed by atoms with E-state index in [4.69, 9.17) is 30.0 Å². The molecule has 1 aliphatic rings. The molecule has 2 unspecified atom stereocenters. The molecule has 1 aromatic heterocycles. The fourth-order valence-electron chi connectivity index (χ4n) is 2.27. The Morgan fingerprint density at radius 1 is 1.43 bits per heavy atom. The second-order valence-corrected chi connectivity index (χ2v) is 6.22. The molecule has 1 aliphatic heterocycles. The van der Waals surface area contributed by atoms with Crippen LogP contribution < -0.4 is 17.1 Å². The van der Waals surface area contributed by atoms with E-state index in [1.165, 1.54) is 13.3 Å². The van der Waals surface area contributed by atoms with Crippen molar-refractivity contribution in [3.63, 3.8) is 0 Å². The fraction of sp³-hybridized carbons (Fsp3) is 0.455. The monoisotopic (exact) mass is 349 g/mol. The molecule has 0 spiro atoms. The van der Waals surface area contributed by atoms with E-state index in [1.54, 1.807) is 0 Å². The number of nitrogens with two attached hydrogens (primary N) is 1. The summed E-state index contributed by atoms with van der Waals surface area (Å²) in [5.41, 5.74) is -1.32. The van der Waals surface area contributed by atoms with Crippen LogP contribution in [-0.4, -0.2) is 44.8 Å². The molecule has 5 N–H and O–H groups in total. The van der Waals surface area contributed by atoms with E-state index in [1.807, 2.05) is 0 Å². The van der Waals surface area contributed by atoms with Gasteiger partial charge in [0.25, 0.3) is 5.56 Å². The zero-order chi connectivity index (χ0) is 17.2. The third kappa shape index (κ3) is 4.03. The molecule has 1 aromatic rings. The maximum absolute atomic E-state index is 11.9. The van der Waals surface area contributed by atoms with Gasteiger partial charge in [-0.05, 0) is 6.08 Å². The first-order valence-electron chi connectivity index (χ1n) is 6.36. The van der Waals surface area contributed by atoms with Crippen LogP contribution in [0.5, 0.6) is 0 Å². The topological polar surface area (TPSA) is 166 Å². The Morgan fingerprint density at radius 2 is 2.13 bits per heavy atom. The van der Waals surface area contributed by atoms with Crippen molar-refractivity contribution in [2.45, 2.75) is 24.5 Å². The lowest BCUT2D eigenvalue weighted by Crippen LogP contribution is -2.40. The SMILES string of the molecule is COC1C(ON)[C@@H](/C=C/P(=O)(O)O)O[C@H]1n1ccc(=O)[nH]c1=O. The quantitative estimate of drug-likeness (QED) is 0.361. The second-order valence-electron chi connectivity index (χ2n) is 4.74. The number of aromatic nitrogens is 2. The number of methoxy groups -OCH3 is 1. The van der Waals surface area contributed by atoms with E-state index in [0.717, 1.165) is 16.7 Å². The summed E-state index contributed by atoms with van der Waals surface area (Å²) < 4.78 is 22.8. The third-order valence-corrected chi connectivity index (χ3v) is 3.81. The fourth-order valence-corrected chi connectivity index (χ4v) is 2.67. The molecule has 12 heteroatoms. The number of aromatic amines is 1. The normalized spacial score (nSPS) is 28.5. The van der Waals surface area contributed by atoms with Gasteiger partial charge in [0.2, 0.25) is 0 Å². The average Bonchev–Trinajstić information content (AvgIpc) is 2.81. The molecule has 1 fully saturated rings. The highest BCUT2D eigenvalue weighted by Gasteiger charge is 2.46. The van der Waals surface area contributed by atoms with E-state index in [0.29, 0.717) is 5.82 Å². The Balaban J connectivity index is 2.37. The van der Waals surface area contributed by atoms with E-state index >= 15 is 0 Å². The van der Waals surface area contributed by atoms with Crippen LogP contribution in [0.25, 0.3) is 0 Å². The van der Waals surface area contributed by atoms with Crippen LogP contribution in [-0.2, 0) is 18.9 Å². The van der Waals surface area contributed by atoms with Gasteiger partial charge in [0.15, 0.2) is 6.23 Å². The van der Waals surface area contributed by atoms with Crippen LogP contribution in [0.4, 0.5) is 0 Å².